The van der Waals surface area contributed by atoms with E-state index in [1.807, 2.05) is 18.5 Å². The number of rotatable bonds is 1. The van der Waals surface area contributed by atoms with Crippen LogP contribution < -0.4 is 0 Å². The first-order chi connectivity index (χ1) is 10.4. The third kappa shape index (κ3) is 8.36. The molecule has 0 bridgehead atoms. The van der Waals surface area contributed by atoms with Crippen LogP contribution in [0.1, 0.15) is 24.4 Å². The van der Waals surface area contributed by atoms with Crippen LogP contribution in [0.15, 0.2) is 24.5 Å². The smallest absolute Gasteiger partial charge is 0.381 e. The molecule has 1 unspecified atom stereocenters. The van der Waals surface area contributed by atoms with Crippen molar-refractivity contribution in [2.75, 3.05) is 13.6 Å². The van der Waals surface area contributed by atoms with Crippen LogP contribution in [0.2, 0.25) is 0 Å². The highest BCUT2D eigenvalue weighted by Crippen LogP contribution is 2.29. The van der Waals surface area contributed by atoms with E-state index in [9.17, 15) is 0 Å². The monoisotopic (exact) mass is 302 g/mol. The Morgan fingerprint density at radius 2 is 1.86 bits per heavy atom. The molecule has 1 aromatic rings. The largest absolute Gasteiger partial charge is 0.472 e. The number of aromatic nitrogens is 1. The van der Waals surface area contributed by atoms with Gasteiger partial charge in [-0.2, -0.15) is 0 Å². The molecule has 1 saturated heterocycles. The molecule has 0 aromatic carbocycles. The van der Waals surface area contributed by atoms with Crippen LogP contribution in [-0.2, 0) is 9.59 Å². The molecule has 0 aliphatic carbocycles. The number of terminal acetylenes is 2. The molecule has 2 heterocycles. The molecule has 0 amide bonds. The number of nitrogens with zero attached hydrogens (tertiary/aromatic N) is 2. The van der Waals surface area contributed by atoms with Gasteiger partial charge in [-0.3, -0.25) is 9.88 Å². The van der Waals surface area contributed by atoms with E-state index in [0.717, 1.165) is 0 Å². The second-order valence-electron chi connectivity index (χ2n) is 4.32. The van der Waals surface area contributed by atoms with Gasteiger partial charge in [0.05, 0.1) is 0 Å². The van der Waals surface area contributed by atoms with Gasteiger partial charge in [-0.05, 0) is 38.1 Å². The maximum absolute atomic E-state index is 9.13. The summed E-state index contributed by atoms with van der Waals surface area (Å²) >= 11 is 0. The van der Waals surface area contributed by atoms with Crippen LogP contribution in [0.4, 0.5) is 0 Å². The van der Waals surface area contributed by atoms with Gasteiger partial charge in [-0.25, -0.2) is 9.59 Å². The molecule has 6 nitrogen and oxygen atoms in total. The molecule has 22 heavy (non-hydrogen) atoms. The Labute approximate surface area is 129 Å². The van der Waals surface area contributed by atoms with E-state index < -0.39 is 11.9 Å². The lowest BCUT2D eigenvalue weighted by atomic mass is 10.1. The zero-order chi connectivity index (χ0) is 17.0. The lowest BCUT2D eigenvalue weighted by Gasteiger charge is -2.18. The summed E-state index contributed by atoms with van der Waals surface area (Å²) in [4.78, 5) is 24.8. The van der Waals surface area contributed by atoms with Crippen molar-refractivity contribution < 1.29 is 19.8 Å². The van der Waals surface area contributed by atoms with Gasteiger partial charge in [-0.15, -0.1) is 12.8 Å². The number of hydrogen-bond donors (Lipinski definition) is 2. The first kappa shape index (κ1) is 19.2. The van der Waals surface area contributed by atoms with E-state index in [4.69, 9.17) is 19.8 Å². The molecule has 1 aromatic heterocycles. The summed E-state index contributed by atoms with van der Waals surface area (Å²) in [6, 6.07) is 4.79. The van der Waals surface area contributed by atoms with Crippen LogP contribution in [0, 0.1) is 24.7 Å². The average molecular weight is 302 g/mol. The summed E-state index contributed by atoms with van der Waals surface area (Å²) in [5.41, 5.74) is 1.36. The minimum absolute atomic E-state index is 0.610. The maximum Gasteiger partial charge on any atom is 0.381 e. The minimum Gasteiger partial charge on any atom is -0.472 e. The lowest BCUT2D eigenvalue weighted by Crippen LogP contribution is -2.17. The summed E-state index contributed by atoms with van der Waals surface area (Å²) in [7, 11) is 2.19. The van der Waals surface area contributed by atoms with E-state index in [1.165, 1.54) is 36.8 Å². The van der Waals surface area contributed by atoms with Gasteiger partial charge < -0.3 is 10.2 Å². The van der Waals surface area contributed by atoms with Crippen molar-refractivity contribution in [3.63, 3.8) is 0 Å². The standard InChI is InChI=1S/C10H14N2.2C3H2O2/c1-12-7-3-5-10(12)9-4-2-6-11-8-9;2*1-2-3(4)5/h2,4,6,8,10H,3,5,7H2,1H3;2*1H,(H,4,5). The summed E-state index contributed by atoms with van der Waals surface area (Å²) in [6.07, 6.45) is 15.0. The second kappa shape index (κ2) is 10.9. The Balaban J connectivity index is 0.000000372. The van der Waals surface area contributed by atoms with Crippen molar-refractivity contribution in [2.45, 2.75) is 18.9 Å². The normalized spacial score (nSPS) is 15.9. The van der Waals surface area contributed by atoms with Crippen molar-refractivity contribution in [3.05, 3.63) is 30.1 Å². The number of carboxylic acids is 2. The first-order valence-corrected chi connectivity index (χ1v) is 6.41. The third-order valence-electron chi connectivity index (χ3n) is 2.84. The first-order valence-electron chi connectivity index (χ1n) is 6.41. The maximum atomic E-state index is 9.13. The molecule has 0 spiro atoms. The zero-order valence-corrected chi connectivity index (χ0v) is 12.3. The third-order valence-corrected chi connectivity index (χ3v) is 2.84. The molecule has 116 valence electrons. The predicted molar refractivity (Wildman–Crippen MR) is 81.8 cm³/mol. The molecule has 0 radical (unpaired) electrons. The quantitative estimate of drug-likeness (QED) is 0.759. The Bertz CT molecular complexity index is 534. The Hall–Kier alpha value is -2.83. The van der Waals surface area contributed by atoms with Gasteiger partial charge in [-0.1, -0.05) is 6.07 Å². The number of carboxylic acid groups (broad SMARTS) is 2. The van der Waals surface area contributed by atoms with Gasteiger partial charge in [0, 0.05) is 30.3 Å². The number of pyridine rings is 1. The van der Waals surface area contributed by atoms with Crippen LogP contribution in [0.25, 0.3) is 0 Å². The number of aliphatic carboxylic acids is 2. The van der Waals surface area contributed by atoms with Crippen LogP contribution in [-0.4, -0.2) is 45.6 Å². The molecule has 6 heteroatoms. The van der Waals surface area contributed by atoms with Gasteiger partial charge in [0.2, 0.25) is 0 Å². The molecule has 0 saturated carbocycles. The molecule has 1 atom stereocenters. The van der Waals surface area contributed by atoms with Crippen molar-refractivity contribution >= 4 is 11.9 Å². The minimum atomic E-state index is -1.22. The number of carbonyl (C=O) groups is 2. The van der Waals surface area contributed by atoms with Crippen LogP contribution in [0.5, 0.6) is 0 Å². The molecular weight excluding hydrogens is 284 g/mol. The number of hydrogen-bond acceptors (Lipinski definition) is 4. The molecule has 2 rings (SSSR count). The Kier molecular flexibility index (Phi) is 9.50. The van der Waals surface area contributed by atoms with Crippen LogP contribution >= 0.6 is 0 Å². The fourth-order valence-electron chi connectivity index (χ4n) is 1.90. The van der Waals surface area contributed by atoms with E-state index >= 15 is 0 Å². The van der Waals surface area contributed by atoms with E-state index in [1.54, 1.807) is 0 Å². The molecule has 1 aliphatic heterocycles. The van der Waals surface area contributed by atoms with Crippen molar-refractivity contribution in [1.29, 1.82) is 0 Å². The van der Waals surface area contributed by atoms with Crippen molar-refractivity contribution in [3.8, 4) is 24.7 Å². The Morgan fingerprint density at radius 1 is 1.32 bits per heavy atom. The van der Waals surface area contributed by atoms with Gasteiger partial charge >= 0.3 is 11.9 Å². The van der Waals surface area contributed by atoms with E-state index in [2.05, 4.69) is 35.8 Å². The highest BCUT2D eigenvalue weighted by Gasteiger charge is 2.21. The fraction of sp³-hybridized carbons (Fsp3) is 0.312. The van der Waals surface area contributed by atoms with Crippen molar-refractivity contribution in [2.24, 2.45) is 0 Å². The van der Waals surface area contributed by atoms with E-state index in [0.29, 0.717) is 6.04 Å². The van der Waals surface area contributed by atoms with Gasteiger partial charge in [0.1, 0.15) is 0 Å². The lowest BCUT2D eigenvalue weighted by molar-refractivity contribution is -0.131. The summed E-state index contributed by atoms with van der Waals surface area (Å²) in [5.74, 6) is 0.454. The van der Waals surface area contributed by atoms with Gasteiger partial charge in [0.25, 0.3) is 0 Å². The topological polar surface area (TPSA) is 90.7 Å². The Morgan fingerprint density at radius 3 is 2.18 bits per heavy atom. The van der Waals surface area contributed by atoms with Crippen LogP contribution in [0.3, 0.4) is 0 Å². The highest BCUT2D eigenvalue weighted by atomic mass is 16.4. The molecule has 1 fully saturated rings. The fourth-order valence-corrected chi connectivity index (χ4v) is 1.90. The highest BCUT2D eigenvalue weighted by molar-refractivity contribution is 5.85. The zero-order valence-electron chi connectivity index (χ0n) is 12.3. The predicted octanol–water partition coefficient (Wildman–Crippen LogP) is 1.26. The van der Waals surface area contributed by atoms with Crippen molar-refractivity contribution in [1.82, 2.24) is 9.88 Å². The molecule has 1 aliphatic rings. The average Bonchev–Trinajstić information content (AvgIpc) is 2.95. The number of likely N-dealkylation sites (tertiary alicyclic amines) is 1. The van der Waals surface area contributed by atoms with E-state index in [-0.39, 0.29) is 0 Å². The molecular formula is C16H18N2O4. The SMILES string of the molecule is C#CC(=O)O.C#CC(=O)O.CN1CCCC1c1cccnc1. The van der Waals surface area contributed by atoms with Gasteiger partial charge in [0.15, 0.2) is 0 Å². The summed E-state index contributed by atoms with van der Waals surface area (Å²) < 4.78 is 0. The second-order valence-corrected chi connectivity index (χ2v) is 4.32. The summed E-state index contributed by atoms with van der Waals surface area (Å²) in [6.45, 7) is 1.22. The molecule has 2 N–H and O–H groups in total. The summed E-state index contributed by atoms with van der Waals surface area (Å²) in [5, 5.41) is 15.0.